The maximum atomic E-state index is 6.03. The van der Waals surface area contributed by atoms with E-state index in [1.165, 1.54) is 11.1 Å². The van der Waals surface area contributed by atoms with E-state index in [2.05, 4.69) is 59.1 Å². The van der Waals surface area contributed by atoms with Gasteiger partial charge in [-0.25, -0.2) is 4.68 Å². The second kappa shape index (κ2) is 4.53. The fourth-order valence-electron chi connectivity index (χ4n) is 1.83. The van der Waals surface area contributed by atoms with Crippen molar-refractivity contribution in [2.45, 2.75) is 26.8 Å². The zero-order valence-corrected chi connectivity index (χ0v) is 11.8. The van der Waals surface area contributed by atoms with Gasteiger partial charge in [-0.05, 0) is 42.3 Å². The first kappa shape index (κ1) is 12.2. The summed E-state index contributed by atoms with van der Waals surface area (Å²) in [5.41, 5.74) is 9.41. The summed E-state index contributed by atoms with van der Waals surface area (Å²) in [7, 11) is 0. The summed E-state index contributed by atoms with van der Waals surface area (Å²) in [6.07, 6.45) is 0. The number of benzene rings is 1. The van der Waals surface area contributed by atoms with Gasteiger partial charge in [-0.1, -0.05) is 29.8 Å². The van der Waals surface area contributed by atoms with Crippen LogP contribution in [-0.2, 0) is 0 Å². The van der Waals surface area contributed by atoms with Crippen molar-refractivity contribution in [1.82, 2.24) is 9.78 Å². The Balaban J connectivity index is 2.40. The monoisotopic (exact) mass is 293 g/mol. The average molecular weight is 294 g/mol. The molecule has 0 bridgehead atoms. The molecule has 3 nitrogen and oxygen atoms in total. The molecule has 0 aliphatic rings. The number of anilines is 1. The van der Waals surface area contributed by atoms with Crippen LogP contribution in [-0.4, -0.2) is 9.78 Å². The molecular formula is C13H16BrN3. The number of nitrogens with two attached hydrogens (primary N) is 1. The third-order valence-corrected chi connectivity index (χ3v) is 3.95. The normalized spacial score (nSPS) is 12.7. The fraction of sp³-hybridized carbons (Fsp3) is 0.308. The van der Waals surface area contributed by atoms with Crippen molar-refractivity contribution in [3.05, 3.63) is 45.6 Å². The standard InChI is InChI=1S/C13H16BrN3/c1-8-4-6-11(7-5-8)10(3)17-13(15)12(14)9(2)16-17/h4-7,10H,15H2,1-3H3. The van der Waals surface area contributed by atoms with E-state index in [1.807, 2.05) is 11.6 Å². The quantitative estimate of drug-likeness (QED) is 0.922. The number of hydrogen-bond donors (Lipinski definition) is 1. The molecule has 0 aliphatic carbocycles. The van der Waals surface area contributed by atoms with Crippen LogP contribution in [0.3, 0.4) is 0 Å². The molecule has 0 fully saturated rings. The molecule has 0 saturated carbocycles. The molecule has 0 spiro atoms. The number of nitrogen functional groups attached to an aromatic ring is 1. The molecule has 0 saturated heterocycles. The first-order valence-electron chi connectivity index (χ1n) is 5.57. The highest BCUT2D eigenvalue weighted by Gasteiger charge is 2.15. The summed E-state index contributed by atoms with van der Waals surface area (Å²) in [5, 5.41) is 4.45. The van der Waals surface area contributed by atoms with Crippen LogP contribution in [0.1, 0.15) is 29.8 Å². The van der Waals surface area contributed by atoms with Gasteiger partial charge in [0.1, 0.15) is 5.82 Å². The molecule has 2 N–H and O–H groups in total. The van der Waals surface area contributed by atoms with Gasteiger partial charge in [-0.15, -0.1) is 0 Å². The van der Waals surface area contributed by atoms with Crippen molar-refractivity contribution in [2.75, 3.05) is 5.73 Å². The highest BCUT2D eigenvalue weighted by Crippen LogP contribution is 2.28. The average Bonchev–Trinajstić information content (AvgIpc) is 2.57. The van der Waals surface area contributed by atoms with Crippen molar-refractivity contribution in [3.63, 3.8) is 0 Å². The van der Waals surface area contributed by atoms with Gasteiger partial charge in [-0.2, -0.15) is 5.10 Å². The van der Waals surface area contributed by atoms with Crippen LogP contribution < -0.4 is 5.73 Å². The number of rotatable bonds is 2. The summed E-state index contributed by atoms with van der Waals surface area (Å²) in [6, 6.07) is 8.58. The third kappa shape index (κ3) is 2.22. The van der Waals surface area contributed by atoms with Gasteiger partial charge in [0.25, 0.3) is 0 Å². The lowest BCUT2D eigenvalue weighted by molar-refractivity contribution is 0.569. The fourth-order valence-corrected chi connectivity index (χ4v) is 2.09. The summed E-state index contributed by atoms with van der Waals surface area (Å²) < 4.78 is 2.74. The van der Waals surface area contributed by atoms with Crippen LogP contribution in [0.25, 0.3) is 0 Å². The van der Waals surface area contributed by atoms with E-state index >= 15 is 0 Å². The van der Waals surface area contributed by atoms with Gasteiger partial charge >= 0.3 is 0 Å². The Bertz CT molecular complexity index is 528. The molecule has 1 unspecified atom stereocenters. The summed E-state index contributed by atoms with van der Waals surface area (Å²) in [6.45, 7) is 6.12. The van der Waals surface area contributed by atoms with Crippen molar-refractivity contribution in [3.8, 4) is 0 Å². The predicted octanol–water partition coefficient (Wildman–Crippen LogP) is 3.45. The topological polar surface area (TPSA) is 43.8 Å². The van der Waals surface area contributed by atoms with Gasteiger partial charge in [0, 0.05) is 0 Å². The largest absolute Gasteiger partial charge is 0.383 e. The first-order chi connectivity index (χ1) is 8.00. The minimum atomic E-state index is 0.139. The van der Waals surface area contributed by atoms with Crippen LogP contribution in [0.2, 0.25) is 0 Å². The molecule has 0 aliphatic heterocycles. The SMILES string of the molecule is Cc1ccc(C(C)n2nc(C)c(Br)c2N)cc1. The molecule has 0 radical (unpaired) electrons. The molecule has 1 atom stereocenters. The molecule has 90 valence electrons. The van der Waals surface area contributed by atoms with Gasteiger partial charge < -0.3 is 5.73 Å². The first-order valence-corrected chi connectivity index (χ1v) is 6.36. The van der Waals surface area contributed by atoms with Crippen LogP contribution in [0.5, 0.6) is 0 Å². The van der Waals surface area contributed by atoms with E-state index in [4.69, 9.17) is 5.73 Å². The van der Waals surface area contributed by atoms with Crippen LogP contribution in [0.4, 0.5) is 5.82 Å². The van der Waals surface area contributed by atoms with Gasteiger partial charge in [0.05, 0.1) is 16.2 Å². The molecule has 17 heavy (non-hydrogen) atoms. The summed E-state index contributed by atoms with van der Waals surface area (Å²) in [5.74, 6) is 0.676. The lowest BCUT2D eigenvalue weighted by Crippen LogP contribution is -2.11. The lowest BCUT2D eigenvalue weighted by Gasteiger charge is -2.14. The van der Waals surface area contributed by atoms with Crippen molar-refractivity contribution < 1.29 is 0 Å². The Labute approximate surface area is 110 Å². The second-order valence-electron chi connectivity index (χ2n) is 4.32. The Kier molecular flexibility index (Phi) is 3.24. The van der Waals surface area contributed by atoms with Gasteiger partial charge in [-0.3, -0.25) is 0 Å². The zero-order valence-electron chi connectivity index (χ0n) is 10.2. The van der Waals surface area contributed by atoms with Crippen LogP contribution >= 0.6 is 15.9 Å². The molecular weight excluding hydrogens is 278 g/mol. The number of aromatic nitrogens is 2. The number of hydrogen-bond acceptors (Lipinski definition) is 2. The Morgan fingerprint density at radius 2 is 1.82 bits per heavy atom. The Hall–Kier alpha value is -1.29. The smallest absolute Gasteiger partial charge is 0.137 e. The summed E-state index contributed by atoms with van der Waals surface area (Å²) >= 11 is 3.44. The van der Waals surface area contributed by atoms with E-state index in [-0.39, 0.29) is 6.04 Å². The highest BCUT2D eigenvalue weighted by atomic mass is 79.9. The van der Waals surface area contributed by atoms with Crippen molar-refractivity contribution in [2.24, 2.45) is 0 Å². The molecule has 1 heterocycles. The minimum Gasteiger partial charge on any atom is -0.383 e. The number of aryl methyl sites for hydroxylation is 2. The predicted molar refractivity (Wildman–Crippen MR) is 74.1 cm³/mol. The Morgan fingerprint density at radius 3 is 2.29 bits per heavy atom. The molecule has 0 amide bonds. The van der Waals surface area contributed by atoms with Crippen LogP contribution in [0.15, 0.2) is 28.7 Å². The maximum Gasteiger partial charge on any atom is 0.137 e. The third-order valence-electron chi connectivity index (χ3n) is 2.97. The molecule has 1 aromatic carbocycles. The number of halogens is 1. The number of nitrogens with zero attached hydrogens (tertiary/aromatic N) is 2. The highest BCUT2D eigenvalue weighted by molar-refractivity contribution is 9.10. The molecule has 2 aromatic rings. The van der Waals surface area contributed by atoms with E-state index in [0.29, 0.717) is 5.82 Å². The second-order valence-corrected chi connectivity index (χ2v) is 5.11. The minimum absolute atomic E-state index is 0.139. The van der Waals surface area contributed by atoms with Crippen molar-refractivity contribution in [1.29, 1.82) is 0 Å². The van der Waals surface area contributed by atoms with Gasteiger partial charge in [0.15, 0.2) is 0 Å². The summed E-state index contributed by atoms with van der Waals surface area (Å²) in [4.78, 5) is 0. The van der Waals surface area contributed by atoms with E-state index in [9.17, 15) is 0 Å². The molecule has 4 heteroatoms. The van der Waals surface area contributed by atoms with E-state index in [1.54, 1.807) is 0 Å². The molecule has 2 rings (SSSR count). The molecule has 1 aromatic heterocycles. The van der Waals surface area contributed by atoms with E-state index in [0.717, 1.165) is 10.2 Å². The van der Waals surface area contributed by atoms with Crippen molar-refractivity contribution >= 4 is 21.7 Å². The zero-order chi connectivity index (χ0) is 12.6. The maximum absolute atomic E-state index is 6.03. The lowest BCUT2D eigenvalue weighted by atomic mass is 10.1. The van der Waals surface area contributed by atoms with E-state index < -0.39 is 0 Å². The van der Waals surface area contributed by atoms with Gasteiger partial charge in [0.2, 0.25) is 0 Å². The Morgan fingerprint density at radius 1 is 1.24 bits per heavy atom. The van der Waals surface area contributed by atoms with Crippen LogP contribution in [0, 0.1) is 13.8 Å².